The molecule has 10 nitrogen and oxygen atoms in total. The van der Waals surface area contributed by atoms with Crippen LogP contribution < -0.4 is 0 Å². The first kappa shape index (κ1) is 37.8. The largest absolute Gasteiger partial charge is 0.490 e. The van der Waals surface area contributed by atoms with E-state index in [0.29, 0.717) is 18.1 Å². The fourth-order valence-corrected chi connectivity index (χ4v) is 4.61. The SMILES string of the molecule is CO[C@H]1CCN(C2CCC2)[C@@H]2CN(Cc3cccnc3)C[C@H]12.O=C(O)C(F)(F)F.O=C(O)C(F)(F)F.O=C(O)C(F)(F)F. The maximum absolute atomic E-state index is 10.6. The maximum Gasteiger partial charge on any atom is 0.490 e. The molecule has 4 rings (SSSR count). The molecule has 2 saturated heterocycles. The van der Waals surface area contributed by atoms with Crippen LogP contribution in [0.2, 0.25) is 0 Å². The van der Waals surface area contributed by atoms with Crippen LogP contribution in [0.4, 0.5) is 39.5 Å². The van der Waals surface area contributed by atoms with Crippen molar-refractivity contribution >= 4 is 17.9 Å². The van der Waals surface area contributed by atoms with Crippen LogP contribution >= 0.6 is 0 Å². The number of ether oxygens (including phenoxy) is 1. The molecule has 3 heterocycles. The molecule has 0 bridgehead atoms. The van der Waals surface area contributed by atoms with Gasteiger partial charge in [0.1, 0.15) is 0 Å². The van der Waals surface area contributed by atoms with E-state index in [1.807, 2.05) is 25.6 Å². The molecule has 1 saturated carbocycles. The third-order valence-corrected chi connectivity index (χ3v) is 6.69. The lowest BCUT2D eigenvalue weighted by Crippen LogP contribution is -2.56. The molecule has 0 unspecified atom stereocenters. The smallest absolute Gasteiger partial charge is 0.475 e. The summed E-state index contributed by atoms with van der Waals surface area (Å²) in [6.45, 7) is 4.61. The van der Waals surface area contributed by atoms with Crippen LogP contribution in [0.5, 0.6) is 0 Å². The molecule has 246 valence electrons. The molecule has 3 atom stereocenters. The summed E-state index contributed by atoms with van der Waals surface area (Å²) in [7, 11) is 1.89. The minimum absolute atomic E-state index is 0.445. The van der Waals surface area contributed by atoms with Gasteiger partial charge in [-0.25, -0.2) is 14.4 Å². The van der Waals surface area contributed by atoms with Gasteiger partial charge in [0.2, 0.25) is 0 Å². The lowest BCUT2D eigenvalue weighted by Gasteiger charge is -2.48. The highest BCUT2D eigenvalue weighted by atomic mass is 19.4. The van der Waals surface area contributed by atoms with Gasteiger partial charge < -0.3 is 20.1 Å². The number of likely N-dealkylation sites (tertiary alicyclic amines) is 2. The number of carboxylic acids is 3. The zero-order chi connectivity index (χ0) is 33.2. The van der Waals surface area contributed by atoms with E-state index >= 15 is 0 Å². The zero-order valence-electron chi connectivity index (χ0n) is 22.5. The van der Waals surface area contributed by atoms with E-state index in [4.69, 9.17) is 34.4 Å². The van der Waals surface area contributed by atoms with Crippen molar-refractivity contribution in [1.29, 1.82) is 0 Å². The van der Waals surface area contributed by atoms with Crippen molar-refractivity contribution in [2.75, 3.05) is 26.7 Å². The summed E-state index contributed by atoms with van der Waals surface area (Å²) < 4.78 is 101. The van der Waals surface area contributed by atoms with Gasteiger partial charge in [0.05, 0.1) is 6.10 Å². The number of halogens is 9. The second kappa shape index (κ2) is 16.0. The van der Waals surface area contributed by atoms with E-state index < -0.39 is 36.4 Å². The van der Waals surface area contributed by atoms with Gasteiger partial charge in [-0.2, -0.15) is 39.5 Å². The van der Waals surface area contributed by atoms with E-state index in [9.17, 15) is 39.5 Å². The van der Waals surface area contributed by atoms with Gasteiger partial charge in [-0.1, -0.05) is 12.5 Å². The van der Waals surface area contributed by atoms with Crippen LogP contribution in [0.15, 0.2) is 24.5 Å². The van der Waals surface area contributed by atoms with Gasteiger partial charge in [-0.15, -0.1) is 0 Å². The molecule has 3 N–H and O–H groups in total. The highest BCUT2D eigenvalue weighted by Crippen LogP contribution is 2.38. The number of pyridine rings is 1. The Morgan fingerprint density at radius 1 is 0.884 bits per heavy atom. The standard InChI is InChI=1S/C18H27N3O.3C2HF3O2/c1-22-18-7-9-21(15-5-2-6-15)17-13-20(12-16(17)18)11-14-4-3-8-19-10-14;3*3-2(4,5)1(6)7/h3-4,8,10,15-18H,2,5-7,9,11-13H2,1H3;3*(H,6,7)/t16-,17+,18-;;;/m0.../s1. The Bertz CT molecular complexity index is 979. The van der Waals surface area contributed by atoms with Crippen LogP contribution in [0, 0.1) is 5.92 Å². The first-order valence-corrected chi connectivity index (χ1v) is 12.5. The lowest BCUT2D eigenvalue weighted by atomic mass is 9.83. The minimum atomic E-state index is -5.08. The van der Waals surface area contributed by atoms with Crippen molar-refractivity contribution < 1.29 is 74.0 Å². The quantitative estimate of drug-likeness (QED) is 0.412. The number of aromatic nitrogens is 1. The van der Waals surface area contributed by atoms with Crippen molar-refractivity contribution in [3.05, 3.63) is 30.1 Å². The van der Waals surface area contributed by atoms with Gasteiger partial charge in [-0.3, -0.25) is 14.8 Å². The Kier molecular flexibility index (Phi) is 14.1. The summed E-state index contributed by atoms with van der Waals surface area (Å²) in [6.07, 6.45) is -5.51. The average molecular weight is 644 g/mol. The molecule has 3 aliphatic rings. The highest BCUT2D eigenvalue weighted by molar-refractivity contribution is 5.73. The third kappa shape index (κ3) is 12.9. The number of carboxylic acid groups (broad SMARTS) is 3. The van der Waals surface area contributed by atoms with Crippen molar-refractivity contribution in [1.82, 2.24) is 14.8 Å². The van der Waals surface area contributed by atoms with Crippen LogP contribution in [-0.4, -0.2) is 111 Å². The fourth-order valence-electron chi connectivity index (χ4n) is 4.61. The second-order valence-corrected chi connectivity index (χ2v) is 9.58. The lowest BCUT2D eigenvalue weighted by molar-refractivity contribution is -0.193. The van der Waals surface area contributed by atoms with Gasteiger partial charge >= 0.3 is 36.4 Å². The maximum atomic E-state index is 10.6. The molecule has 1 aliphatic carbocycles. The molecule has 19 heteroatoms. The Morgan fingerprint density at radius 2 is 1.37 bits per heavy atom. The number of hydrogen-bond donors (Lipinski definition) is 3. The predicted octanol–water partition coefficient (Wildman–Crippen LogP) is 4.06. The van der Waals surface area contributed by atoms with Crippen LogP contribution in [0.25, 0.3) is 0 Å². The van der Waals surface area contributed by atoms with Gasteiger partial charge in [0.25, 0.3) is 0 Å². The number of rotatable bonds is 4. The molecule has 0 spiro atoms. The van der Waals surface area contributed by atoms with Gasteiger partial charge in [0.15, 0.2) is 0 Å². The first-order valence-electron chi connectivity index (χ1n) is 12.5. The van der Waals surface area contributed by atoms with E-state index in [1.165, 1.54) is 50.9 Å². The summed E-state index contributed by atoms with van der Waals surface area (Å²) >= 11 is 0. The van der Waals surface area contributed by atoms with Crippen molar-refractivity contribution in [2.24, 2.45) is 5.92 Å². The fraction of sp³-hybridized carbons (Fsp3) is 0.667. The summed E-state index contributed by atoms with van der Waals surface area (Å²) in [5.41, 5.74) is 1.32. The molecule has 0 amide bonds. The van der Waals surface area contributed by atoms with Gasteiger partial charge in [0, 0.05) is 63.7 Å². The van der Waals surface area contributed by atoms with E-state index in [2.05, 4.69) is 20.9 Å². The van der Waals surface area contributed by atoms with Crippen LogP contribution in [0.3, 0.4) is 0 Å². The number of aliphatic carboxylic acids is 3. The number of hydrogen-bond acceptors (Lipinski definition) is 7. The number of nitrogens with zero attached hydrogens (tertiary/aromatic N) is 3. The average Bonchev–Trinajstić information content (AvgIpc) is 3.27. The Morgan fingerprint density at radius 3 is 1.72 bits per heavy atom. The highest BCUT2D eigenvalue weighted by Gasteiger charge is 2.47. The van der Waals surface area contributed by atoms with Gasteiger partial charge in [-0.05, 0) is 30.9 Å². The second-order valence-electron chi connectivity index (χ2n) is 9.58. The number of piperidine rings is 1. The van der Waals surface area contributed by atoms with E-state index in [-0.39, 0.29) is 0 Å². The molecule has 3 fully saturated rings. The third-order valence-electron chi connectivity index (χ3n) is 6.69. The number of methoxy groups -OCH3 is 1. The van der Waals surface area contributed by atoms with E-state index in [0.717, 1.165) is 12.6 Å². The molecule has 0 aromatic carbocycles. The molecule has 1 aromatic rings. The summed E-state index contributed by atoms with van der Waals surface area (Å²) in [5.74, 6) is -7.59. The van der Waals surface area contributed by atoms with Crippen molar-refractivity contribution in [3.8, 4) is 0 Å². The molecule has 1 aromatic heterocycles. The molecule has 0 radical (unpaired) electrons. The molecule has 43 heavy (non-hydrogen) atoms. The van der Waals surface area contributed by atoms with Crippen molar-refractivity contribution in [2.45, 2.75) is 68.9 Å². The molecular formula is C24H30F9N3O7. The summed E-state index contributed by atoms with van der Waals surface area (Å²) in [5, 5.41) is 21.4. The molecule has 2 aliphatic heterocycles. The monoisotopic (exact) mass is 643 g/mol. The number of carbonyl (C=O) groups is 3. The Labute approximate surface area is 239 Å². The Hall–Kier alpha value is -3.19. The van der Waals surface area contributed by atoms with Crippen LogP contribution in [0.1, 0.15) is 31.2 Å². The first-order chi connectivity index (χ1) is 19.7. The van der Waals surface area contributed by atoms with Crippen molar-refractivity contribution in [3.63, 3.8) is 0 Å². The predicted molar refractivity (Wildman–Crippen MR) is 128 cm³/mol. The summed E-state index contributed by atoms with van der Waals surface area (Å²) in [6, 6.07) is 5.77. The van der Waals surface area contributed by atoms with E-state index in [1.54, 1.807) is 0 Å². The topological polar surface area (TPSA) is 140 Å². The normalized spacial score (nSPS) is 22.7. The Balaban J connectivity index is 0.000000363. The molecular weight excluding hydrogens is 613 g/mol. The van der Waals surface area contributed by atoms with Crippen LogP contribution in [-0.2, 0) is 25.7 Å². The zero-order valence-corrected chi connectivity index (χ0v) is 22.5. The minimum Gasteiger partial charge on any atom is -0.475 e. The summed E-state index contributed by atoms with van der Waals surface area (Å²) in [4.78, 5) is 36.4. The number of alkyl halides is 9. The number of fused-ring (bicyclic) bond motifs is 1.